The number of anilines is 1. The van der Waals surface area contributed by atoms with Crippen LogP contribution in [-0.4, -0.2) is 82.5 Å². The number of carbonyl (C=O) groups is 4. The number of phenolic OH excluding ortho intramolecular Hbond substituents is 2. The molecule has 234 valence electrons. The van der Waals surface area contributed by atoms with Crippen molar-refractivity contribution in [1.82, 2.24) is 15.2 Å². The summed E-state index contributed by atoms with van der Waals surface area (Å²) >= 11 is 2.31. The van der Waals surface area contributed by atoms with Crippen LogP contribution in [0.4, 0.5) is 5.13 Å². The fraction of sp³-hybridized carbons (Fsp3) is 0.321. The SMILES string of the molecule is Nc1nc(C(=NOC2(C(=O)O)CCCC2)C(=O)NC2C(=O)N3C(C(=O)O)=C(C[n+]4ccc5cc(O)c(O)cc5c4)CS[C@H]23)cs1. The Balaban J connectivity index is 1.22. The Kier molecular flexibility index (Phi) is 7.74. The van der Waals surface area contributed by atoms with E-state index >= 15 is 0 Å². The summed E-state index contributed by atoms with van der Waals surface area (Å²) in [7, 11) is 0. The lowest BCUT2D eigenvalue weighted by atomic mass is 10.0. The molecule has 15 nitrogen and oxygen atoms in total. The van der Waals surface area contributed by atoms with Crippen molar-refractivity contribution in [3.05, 3.63) is 52.9 Å². The van der Waals surface area contributed by atoms with Crippen LogP contribution in [0.1, 0.15) is 31.4 Å². The molecule has 6 rings (SSSR count). The van der Waals surface area contributed by atoms with Crippen LogP contribution in [0.3, 0.4) is 0 Å². The molecular weight excluding hydrogens is 628 g/mol. The number of nitrogen functional groups attached to an aromatic ring is 1. The van der Waals surface area contributed by atoms with Crippen molar-refractivity contribution in [3.8, 4) is 11.5 Å². The molecule has 1 saturated heterocycles. The molecule has 4 heterocycles. The molecule has 3 aromatic rings. The summed E-state index contributed by atoms with van der Waals surface area (Å²) in [6, 6.07) is 3.42. The Hall–Kier alpha value is -4.90. The second-order valence-corrected chi connectivity index (χ2v) is 12.8. The average molecular weight is 656 g/mol. The number of rotatable bonds is 9. The van der Waals surface area contributed by atoms with Crippen LogP contribution in [0.2, 0.25) is 0 Å². The van der Waals surface area contributed by atoms with Gasteiger partial charge < -0.3 is 36.3 Å². The third-order valence-electron chi connectivity index (χ3n) is 7.93. The molecule has 1 saturated carbocycles. The fourth-order valence-electron chi connectivity index (χ4n) is 5.62. The van der Waals surface area contributed by atoms with Crippen molar-refractivity contribution in [2.75, 3.05) is 11.5 Å². The molecule has 3 aliphatic rings. The number of hydrogen-bond donors (Lipinski definition) is 6. The molecule has 7 N–H and O–H groups in total. The van der Waals surface area contributed by atoms with E-state index in [0.29, 0.717) is 29.2 Å². The van der Waals surface area contributed by atoms with Crippen LogP contribution < -0.4 is 15.6 Å². The Labute approximate surface area is 262 Å². The summed E-state index contributed by atoms with van der Waals surface area (Å²) in [4.78, 5) is 61.7. The first-order chi connectivity index (χ1) is 21.5. The van der Waals surface area contributed by atoms with Crippen molar-refractivity contribution in [1.29, 1.82) is 0 Å². The van der Waals surface area contributed by atoms with Gasteiger partial charge >= 0.3 is 11.9 Å². The van der Waals surface area contributed by atoms with Gasteiger partial charge in [-0.05, 0) is 30.4 Å². The quantitative estimate of drug-likeness (QED) is 0.0627. The van der Waals surface area contributed by atoms with Crippen LogP contribution in [0.5, 0.6) is 11.5 Å². The number of aliphatic carboxylic acids is 2. The molecule has 2 aromatic heterocycles. The number of phenols is 2. The van der Waals surface area contributed by atoms with E-state index in [-0.39, 0.29) is 58.9 Å². The molecule has 1 aliphatic carbocycles. The summed E-state index contributed by atoms with van der Waals surface area (Å²) in [5.41, 5.74) is 4.11. The number of hydrogen-bond acceptors (Lipinski definition) is 12. The van der Waals surface area contributed by atoms with Crippen LogP contribution >= 0.6 is 23.1 Å². The number of thiazole rings is 1. The van der Waals surface area contributed by atoms with Gasteiger partial charge in [-0.2, -0.15) is 0 Å². The number of carbonyl (C=O) groups excluding carboxylic acids is 2. The lowest BCUT2D eigenvalue weighted by Gasteiger charge is -2.49. The van der Waals surface area contributed by atoms with E-state index in [4.69, 9.17) is 10.6 Å². The second-order valence-electron chi connectivity index (χ2n) is 10.8. The number of nitrogens with zero attached hydrogens (tertiary/aromatic N) is 4. The molecule has 2 fully saturated rings. The number of fused-ring (bicyclic) bond motifs is 2. The van der Waals surface area contributed by atoms with Crippen LogP contribution in [0.25, 0.3) is 10.8 Å². The molecule has 0 radical (unpaired) electrons. The summed E-state index contributed by atoms with van der Waals surface area (Å²) in [6.07, 6.45) is 5.04. The smallest absolute Gasteiger partial charge is 0.352 e. The molecule has 45 heavy (non-hydrogen) atoms. The number of amides is 2. The third-order valence-corrected chi connectivity index (χ3v) is 9.95. The lowest BCUT2D eigenvalue weighted by molar-refractivity contribution is -0.687. The number of carboxylic acid groups (broad SMARTS) is 2. The fourth-order valence-corrected chi connectivity index (χ4v) is 7.50. The number of β-lactam (4-membered cyclic amide) rings is 1. The molecule has 1 aromatic carbocycles. The summed E-state index contributed by atoms with van der Waals surface area (Å²) in [5.74, 6) is -4.32. The number of aromatic hydroxyl groups is 2. The van der Waals surface area contributed by atoms with Gasteiger partial charge in [-0.3, -0.25) is 14.5 Å². The second kappa shape index (κ2) is 11.6. The highest BCUT2D eigenvalue weighted by Gasteiger charge is 2.55. The number of thioether (sulfide) groups is 1. The molecule has 2 atom stereocenters. The summed E-state index contributed by atoms with van der Waals surface area (Å²) in [6.45, 7) is 0.129. The van der Waals surface area contributed by atoms with E-state index < -0.39 is 40.8 Å². The zero-order valence-electron chi connectivity index (χ0n) is 23.4. The number of oxime groups is 1. The minimum atomic E-state index is -1.59. The van der Waals surface area contributed by atoms with Gasteiger partial charge in [-0.1, -0.05) is 5.16 Å². The average Bonchev–Trinajstić information content (AvgIpc) is 3.66. The largest absolute Gasteiger partial charge is 0.504 e. The molecule has 1 unspecified atom stereocenters. The minimum Gasteiger partial charge on any atom is -0.504 e. The van der Waals surface area contributed by atoms with E-state index in [1.807, 2.05) is 0 Å². The number of carboxylic acids is 2. The van der Waals surface area contributed by atoms with Gasteiger partial charge in [-0.25, -0.2) is 19.1 Å². The number of aromatic nitrogens is 2. The highest BCUT2D eigenvalue weighted by molar-refractivity contribution is 8.00. The van der Waals surface area contributed by atoms with E-state index in [2.05, 4.69) is 15.5 Å². The van der Waals surface area contributed by atoms with Crippen LogP contribution in [0, 0.1) is 0 Å². The number of nitrogens with two attached hydrogens (primary N) is 1. The zero-order valence-corrected chi connectivity index (χ0v) is 25.0. The third kappa shape index (κ3) is 5.48. The molecular formula is C28H27N6O9S2+. The van der Waals surface area contributed by atoms with E-state index in [1.165, 1.54) is 29.3 Å². The van der Waals surface area contributed by atoms with Gasteiger partial charge in [0.05, 0.1) is 0 Å². The van der Waals surface area contributed by atoms with Gasteiger partial charge in [0.15, 0.2) is 41.3 Å². The lowest BCUT2D eigenvalue weighted by Crippen LogP contribution is -2.71. The first-order valence-corrected chi connectivity index (χ1v) is 15.7. The van der Waals surface area contributed by atoms with Crippen molar-refractivity contribution in [2.45, 2.75) is 49.2 Å². The first kappa shape index (κ1) is 30.1. The molecule has 2 aliphatic heterocycles. The molecule has 0 bridgehead atoms. The van der Waals surface area contributed by atoms with Crippen LogP contribution in [0.15, 0.2) is 52.4 Å². The number of benzene rings is 1. The number of pyridine rings is 1. The van der Waals surface area contributed by atoms with Gasteiger partial charge in [0.1, 0.15) is 22.8 Å². The zero-order chi connectivity index (χ0) is 32.0. The van der Waals surface area contributed by atoms with E-state index in [9.17, 15) is 39.6 Å². The maximum absolute atomic E-state index is 13.4. The predicted molar refractivity (Wildman–Crippen MR) is 160 cm³/mol. The monoisotopic (exact) mass is 655 g/mol. The van der Waals surface area contributed by atoms with Crippen molar-refractivity contribution >= 4 is 68.5 Å². The maximum Gasteiger partial charge on any atom is 0.352 e. The van der Waals surface area contributed by atoms with E-state index in [1.54, 1.807) is 23.0 Å². The Morgan fingerprint density at radius 2 is 1.89 bits per heavy atom. The van der Waals surface area contributed by atoms with Gasteiger partial charge in [-0.15, -0.1) is 23.1 Å². The summed E-state index contributed by atoms with van der Waals surface area (Å²) < 4.78 is 1.71. The topological polar surface area (TPSA) is 229 Å². The predicted octanol–water partition coefficient (Wildman–Crippen LogP) is 1.13. The van der Waals surface area contributed by atoms with Gasteiger partial charge in [0, 0.05) is 41.0 Å². The molecule has 17 heteroatoms. The van der Waals surface area contributed by atoms with E-state index in [0.717, 1.165) is 16.2 Å². The highest BCUT2D eigenvalue weighted by atomic mass is 32.2. The Morgan fingerprint density at radius 1 is 1.18 bits per heavy atom. The highest BCUT2D eigenvalue weighted by Crippen LogP contribution is 2.41. The summed E-state index contributed by atoms with van der Waals surface area (Å²) in [5, 5.41) is 48.1. The standard InChI is InChI=1S/C28H26N6O9S2/c29-27-30-16(12-45-27)19(32-43-28(26(41)42)4-1-2-5-28)22(37)31-20-23(38)34-21(25(39)40)15(11-44-24(20)34)10-33-6-3-13-7-17(35)18(36)8-14(13)9-33/h3,6-9,12,20,24H,1-2,4-5,10-11H2,(H6,29,30,31,36,37,39,40,41,42)/p+1/t20?,24-/m1/s1. The Morgan fingerprint density at radius 3 is 2.53 bits per heavy atom. The van der Waals surface area contributed by atoms with Crippen molar-refractivity contribution < 1.29 is 49.0 Å². The van der Waals surface area contributed by atoms with Crippen LogP contribution in [-0.2, 0) is 30.6 Å². The number of nitrogens with one attached hydrogen (secondary N) is 1. The normalized spacial score (nSPS) is 20.9. The van der Waals surface area contributed by atoms with Crippen molar-refractivity contribution in [3.63, 3.8) is 0 Å². The molecule has 0 spiro atoms. The first-order valence-electron chi connectivity index (χ1n) is 13.7. The van der Waals surface area contributed by atoms with Gasteiger partial charge in [0.2, 0.25) is 5.60 Å². The molecule has 2 amide bonds. The maximum atomic E-state index is 13.4. The minimum absolute atomic E-state index is 0.0396. The Bertz CT molecular complexity index is 1820. The van der Waals surface area contributed by atoms with Gasteiger partial charge in [0.25, 0.3) is 11.8 Å². The van der Waals surface area contributed by atoms with Crippen molar-refractivity contribution in [2.24, 2.45) is 5.16 Å².